The van der Waals surface area contributed by atoms with E-state index in [9.17, 15) is 8.78 Å². The van der Waals surface area contributed by atoms with Crippen molar-refractivity contribution in [3.05, 3.63) is 45.5 Å². The van der Waals surface area contributed by atoms with Crippen LogP contribution in [0.5, 0.6) is 0 Å². The Morgan fingerprint density at radius 3 is 2.53 bits per heavy atom. The molecule has 2 aromatic rings. The lowest BCUT2D eigenvalue weighted by atomic mass is 9.99. The molecule has 2 N–H and O–H groups in total. The summed E-state index contributed by atoms with van der Waals surface area (Å²) in [5.74, 6) is -1.61. The molecule has 1 heterocycles. The zero-order valence-electron chi connectivity index (χ0n) is 10.9. The van der Waals surface area contributed by atoms with Crippen molar-refractivity contribution < 1.29 is 8.78 Å². The molecule has 3 nitrogen and oxygen atoms in total. The molecule has 0 spiro atoms. The van der Waals surface area contributed by atoms with Gasteiger partial charge in [0, 0.05) is 5.56 Å². The SMILES string of the molecule is Cc1ccc(C(N)c2snnc2C(C)C)c(F)c1F. The smallest absolute Gasteiger partial charge is 0.164 e. The lowest BCUT2D eigenvalue weighted by Crippen LogP contribution is -2.15. The summed E-state index contributed by atoms with van der Waals surface area (Å²) in [7, 11) is 0. The van der Waals surface area contributed by atoms with E-state index < -0.39 is 17.7 Å². The molecule has 0 fully saturated rings. The summed E-state index contributed by atoms with van der Waals surface area (Å²) in [6.07, 6.45) is 0. The Morgan fingerprint density at radius 2 is 1.89 bits per heavy atom. The Hall–Kier alpha value is -1.40. The zero-order valence-corrected chi connectivity index (χ0v) is 11.8. The van der Waals surface area contributed by atoms with Crippen molar-refractivity contribution in [2.24, 2.45) is 5.73 Å². The Balaban J connectivity index is 2.47. The minimum atomic E-state index is -0.893. The maximum atomic E-state index is 13.9. The van der Waals surface area contributed by atoms with E-state index in [1.165, 1.54) is 19.1 Å². The third-order valence-corrected chi connectivity index (χ3v) is 3.83. The van der Waals surface area contributed by atoms with Gasteiger partial charge in [0.1, 0.15) is 0 Å². The topological polar surface area (TPSA) is 51.8 Å². The molecule has 0 saturated heterocycles. The van der Waals surface area contributed by atoms with Gasteiger partial charge in [-0.1, -0.05) is 30.5 Å². The lowest BCUT2D eigenvalue weighted by molar-refractivity contribution is 0.489. The zero-order chi connectivity index (χ0) is 14.2. The third kappa shape index (κ3) is 2.50. The lowest BCUT2D eigenvalue weighted by Gasteiger charge is -2.14. The highest BCUT2D eigenvalue weighted by Gasteiger charge is 2.23. The summed E-state index contributed by atoms with van der Waals surface area (Å²) >= 11 is 1.12. The number of rotatable bonds is 3. The molecule has 0 bridgehead atoms. The molecule has 1 aromatic heterocycles. The highest BCUT2D eigenvalue weighted by molar-refractivity contribution is 7.05. The van der Waals surface area contributed by atoms with Gasteiger partial charge in [0.15, 0.2) is 11.6 Å². The van der Waals surface area contributed by atoms with Crippen LogP contribution in [0.2, 0.25) is 0 Å². The van der Waals surface area contributed by atoms with Crippen LogP contribution in [0.15, 0.2) is 12.1 Å². The van der Waals surface area contributed by atoms with Gasteiger partial charge in [-0.05, 0) is 29.9 Å². The first-order valence-corrected chi connectivity index (χ1v) is 6.73. The molecule has 0 radical (unpaired) electrons. The van der Waals surface area contributed by atoms with Crippen molar-refractivity contribution in [2.45, 2.75) is 32.7 Å². The van der Waals surface area contributed by atoms with E-state index in [-0.39, 0.29) is 17.0 Å². The average molecular weight is 283 g/mol. The van der Waals surface area contributed by atoms with E-state index in [4.69, 9.17) is 5.73 Å². The minimum Gasteiger partial charge on any atom is -0.319 e. The van der Waals surface area contributed by atoms with Gasteiger partial charge < -0.3 is 5.73 Å². The highest BCUT2D eigenvalue weighted by Crippen LogP contribution is 2.31. The molecule has 0 saturated carbocycles. The quantitative estimate of drug-likeness (QED) is 0.940. The molecule has 1 aromatic carbocycles. The fourth-order valence-electron chi connectivity index (χ4n) is 1.86. The van der Waals surface area contributed by atoms with Gasteiger partial charge in [0.25, 0.3) is 0 Å². The average Bonchev–Trinajstić information content (AvgIpc) is 2.84. The number of hydrogen-bond acceptors (Lipinski definition) is 4. The summed E-state index contributed by atoms with van der Waals surface area (Å²) in [5.41, 5.74) is 7.18. The van der Waals surface area contributed by atoms with Gasteiger partial charge in [0.2, 0.25) is 0 Å². The van der Waals surface area contributed by atoms with Crippen molar-refractivity contribution in [3.63, 3.8) is 0 Å². The first kappa shape index (κ1) is 14.0. The van der Waals surface area contributed by atoms with Crippen LogP contribution in [0.3, 0.4) is 0 Å². The predicted octanol–water partition coefficient (Wildman–Crippen LogP) is 3.30. The van der Waals surface area contributed by atoms with Gasteiger partial charge in [-0.3, -0.25) is 0 Å². The normalized spacial score (nSPS) is 13.0. The molecule has 19 heavy (non-hydrogen) atoms. The monoisotopic (exact) mass is 283 g/mol. The highest BCUT2D eigenvalue weighted by atomic mass is 32.1. The molecule has 0 aliphatic rings. The van der Waals surface area contributed by atoms with Crippen LogP contribution in [0.4, 0.5) is 8.78 Å². The number of nitrogens with two attached hydrogens (primary N) is 1. The van der Waals surface area contributed by atoms with Crippen molar-refractivity contribution in [1.82, 2.24) is 9.59 Å². The van der Waals surface area contributed by atoms with Gasteiger partial charge >= 0.3 is 0 Å². The molecule has 102 valence electrons. The number of hydrogen-bond donors (Lipinski definition) is 1. The second-order valence-electron chi connectivity index (χ2n) is 4.75. The van der Waals surface area contributed by atoms with E-state index >= 15 is 0 Å². The number of benzene rings is 1. The van der Waals surface area contributed by atoms with Crippen LogP contribution >= 0.6 is 11.5 Å². The summed E-state index contributed by atoms with van der Waals surface area (Å²) in [4.78, 5) is 0.678. The molecule has 2 rings (SSSR count). The second kappa shape index (κ2) is 5.30. The number of nitrogens with zero attached hydrogens (tertiary/aromatic N) is 2. The Morgan fingerprint density at radius 1 is 1.21 bits per heavy atom. The van der Waals surface area contributed by atoms with Gasteiger partial charge in [-0.15, -0.1) is 5.10 Å². The van der Waals surface area contributed by atoms with Crippen molar-refractivity contribution in [2.75, 3.05) is 0 Å². The molecule has 6 heteroatoms. The van der Waals surface area contributed by atoms with Crippen LogP contribution in [0.1, 0.15) is 47.5 Å². The molecular weight excluding hydrogens is 268 g/mol. The predicted molar refractivity (Wildman–Crippen MR) is 71.1 cm³/mol. The van der Waals surface area contributed by atoms with E-state index in [0.29, 0.717) is 4.88 Å². The summed E-state index contributed by atoms with van der Waals surface area (Å²) < 4.78 is 31.4. The van der Waals surface area contributed by atoms with Gasteiger partial charge in [-0.25, -0.2) is 8.78 Å². The Bertz CT molecular complexity index is 596. The van der Waals surface area contributed by atoms with E-state index in [1.807, 2.05) is 13.8 Å². The molecule has 1 atom stereocenters. The number of halogens is 2. The maximum Gasteiger partial charge on any atom is 0.164 e. The first-order chi connectivity index (χ1) is 8.93. The fourth-order valence-corrected chi connectivity index (χ4v) is 2.69. The van der Waals surface area contributed by atoms with Crippen molar-refractivity contribution in [1.29, 1.82) is 0 Å². The molecule has 1 unspecified atom stereocenters. The third-order valence-electron chi connectivity index (χ3n) is 3.01. The van der Waals surface area contributed by atoms with Crippen molar-refractivity contribution in [3.8, 4) is 0 Å². The van der Waals surface area contributed by atoms with Crippen LogP contribution in [0.25, 0.3) is 0 Å². The Kier molecular flexibility index (Phi) is 3.91. The first-order valence-electron chi connectivity index (χ1n) is 5.95. The molecule has 0 aliphatic heterocycles. The van der Waals surface area contributed by atoms with Crippen LogP contribution in [-0.4, -0.2) is 9.59 Å². The van der Waals surface area contributed by atoms with Crippen molar-refractivity contribution >= 4 is 11.5 Å². The van der Waals surface area contributed by atoms with Crippen LogP contribution in [0, 0.1) is 18.6 Å². The van der Waals surface area contributed by atoms with E-state index in [2.05, 4.69) is 9.59 Å². The maximum absolute atomic E-state index is 13.9. The van der Waals surface area contributed by atoms with E-state index in [0.717, 1.165) is 17.2 Å². The number of aromatic nitrogens is 2. The van der Waals surface area contributed by atoms with Gasteiger partial charge in [0.05, 0.1) is 16.6 Å². The van der Waals surface area contributed by atoms with Crippen LogP contribution < -0.4 is 5.73 Å². The summed E-state index contributed by atoms with van der Waals surface area (Å²) in [5, 5.41) is 4.00. The molecule has 0 amide bonds. The number of aryl methyl sites for hydroxylation is 1. The second-order valence-corrected chi connectivity index (χ2v) is 5.54. The largest absolute Gasteiger partial charge is 0.319 e. The Labute approximate surface area is 114 Å². The summed E-state index contributed by atoms with van der Waals surface area (Å²) in [6, 6.07) is 2.30. The molecular formula is C13H15F2N3S. The summed E-state index contributed by atoms with van der Waals surface area (Å²) in [6.45, 7) is 5.43. The van der Waals surface area contributed by atoms with Gasteiger partial charge in [-0.2, -0.15) is 0 Å². The van der Waals surface area contributed by atoms with E-state index in [1.54, 1.807) is 0 Å². The minimum absolute atomic E-state index is 0.135. The van der Waals surface area contributed by atoms with Crippen LogP contribution in [-0.2, 0) is 0 Å². The standard InChI is InChI=1S/C13H15F2N3S/c1-6(2)12-13(19-18-17-12)11(16)8-5-4-7(3)9(14)10(8)15/h4-6,11H,16H2,1-3H3. The molecule has 0 aliphatic carbocycles. The fraction of sp³-hybridized carbons (Fsp3) is 0.385.